The van der Waals surface area contributed by atoms with Gasteiger partial charge in [0.05, 0.1) is 25.5 Å². The Labute approximate surface area is 212 Å². The zero-order valence-corrected chi connectivity index (χ0v) is 21.5. The highest BCUT2D eigenvalue weighted by molar-refractivity contribution is 6.04. The van der Waals surface area contributed by atoms with E-state index in [1.54, 1.807) is 38.5 Å². The Bertz CT molecular complexity index is 1210. The van der Waals surface area contributed by atoms with Crippen molar-refractivity contribution in [1.29, 1.82) is 0 Å². The van der Waals surface area contributed by atoms with Crippen LogP contribution in [0.1, 0.15) is 40.4 Å². The summed E-state index contributed by atoms with van der Waals surface area (Å²) in [5.74, 6) is 1.36. The summed E-state index contributed by atoms with van der Waals surface area (Å²) in [5.41, 5.74) is 4.08. The highest BCUT2D eigenvalue weighted by atomic mass is 16.5. The van der Waals surface area contributed by atoms with Gasteiger partial charge in [0.1, 0.15) is 5.75 Å². The second kappa shape index (κ2) is 12.6. The summed E-state index contributed by atoms with van der Waals surface area (Å²) in [6.07, 6.45) is 0.411. The number of nitrogens with one attached hydrogen (secondary N) is 2. The Morgan fingerprint density at radius 1 is 0.889 bits per heavy atom. The zero-order valence-electron chi connectivity index (χ0n) is 21.5. The molecule has 0 bridgehead atoms. The molecule has 0 fully saturated rings. The molecule has 3 aromatic carbocycles. The summed E-state index contributed by atoms with van der Waals surface area (Å²) < 4.78 is 16.6. The Morgan fingerprint density at radius 2 is 1.64 bits per heavy atom. The van der Waals surface area contributed by atoms with Crippen molar-refractivity contribution in [2.45, 2.75) is 39.7 Å². The maximum absolute atomic E-state index is 13.0. The van der Waals surface area contributed by atoms with Crippen LogP contribution in [0.3, 0.4) is 0 Å². The minimum Gasteiger partial charge on any atom is -0.493 e. The predicted molar refractivity (Wildman–Crippen MR) is 141 cm³/mol. The molecule has 7 nitrogen and oxygen atoms in total. The molecular weight excluding hydrogens is 456 g/mol. The first-order valence-corrected chi connectivity index (χ1v) is 12.0. The van der Waals surface area contributed by atoms with Gasteiger partial charge in [0.15, 0.2) is 17.6 Å². The van der Waals surface area contributed by atoms with Gasteiger partial charge in [0.25, 0.3) is 11.8 Å². The number of ether oxygens (including phenoxy) is 3. The van der Waals surface area contributed by atoms with Crippen LogP contribution in [0.25, 0.3) is 0 Å². The van der Waals surface area contributed by atoms with Gasteiger partial charge in [-0.3, -0.25) is 9.59 Å². The SMILES string of the molecule is CC[C@H](Oc1ccc(C)c(C)c1)C(=O)Nc1ccccc1C(=O)NCCc1ccc(OC)c(OC)c1. The number of hydrogen-bond acceptors (Lipinski definition) is 5. The minimum atomic E-state index is -0.687. The molecule has 0 saturated carbocycles. The van der Waals surface area contributed by atoms with E-state index in [0.29, 0.717) is 47.9 Å². The number of methoxy groups -OCH3 is 2. The summed E-state index contributed by atoms with van der Waals surface area (Å²) in [4.78, 5) is 25.9. The minimum absolute atomic E-state index is 0.269. The van der Waals surface area contributed by atoms with E-state index in [2.05, 4.69) is 10.6 Å². The van der Waals surface area contributed by atoms with E-state index in [4.69, 9.17) is 14.2 Å². The van der Waals surface area contributed by atoms with Crippen LogP contribution >= 0.6 is 0 Å². The van der Waals surface area contributed by atoms with Gasteiger partial charge in [-0.15, -0.1) is 0 Å². The summed E-state index contributed by atoms with van der Waals surface area (Å²) in [6, 6.07) is 18.4. The van der Waals surface area contributed by atoms with Crippen molar-refractivity contribution in [3.63, 3.8) is 0 Å². The molecular formula is C29H34N2O5. The van der Waals surface area contributed by atoms with Crippen LogP contribution in [0.4, 0.5) is 5.69 Å². The molecule has 0 spiro atoms. The van der Waals surface area contributed by atoms with Crippen molar-refractivity contribution < 1.29 is 23.8 Å². The van der Waals surface area contributed by atoms with Crippen LogP contribution in [-0.4, -0.2) is 38.7 Å². The second-order valence-electron chi connectivity index (χ2n) is 8.49. The Hall–Kier alpha value is -4.00. The van der Waals surface area contributed by atoms with E-state index in [1.165, 1.54) is 0 Å². The molecule has 2 N–H and O–H groups in total. The topological polar surface area (TPSA) is 85.9 Å². The number of carbonyl (C=O) groups is 2. The first kappa shape index (κ1) is 26.6. The van der Waals surface area contributed by atoms with Crippen molar-refractivity contribution in [3.05, 3.63) is 82.9 Å². The monoisotopic (exact) mass is 490 g/mol. The lowest BCUT2D eigenvalue weighted by Crippen LogP contribution is -2.33. The van der Waals surface area contributed by atoms with Crippen LogP contribution in [0.2, 0.25) is 0 Å². The Morgan fingerprint density at radius 3 is 2.33 bits per heavy atom. The number of benzene rings is 3. The number of para-hydroxylation sites is 1. The lowest BCUT2D eigenvalue weighted by molar-refractivity contribution is -0.122. The van der Waals surface area contributed by atoms with E-state index in [-0.39, 0.29) is 11.8 Å². The Balaban J connectivity index is 1.63. The summed E-state index contributed by atoms with van der Waals surface area (Å²) >= 11 is 0. The summed E-state index contributed by atoms with van der Waals surface area (Å²) in [7, 11) is 3.18. The molecule has 3 rings (SSSR count). The molecule has 7 heteroatoms. The van der Waals surface area contributed by atoms with Crippen molar-refractivity contribution in [2.24, 2.45) is 0 Å². The molecule has 1 atom stereocenters. The fourth-order valence-electron chi connectivity index (χ4n) is 3.73. The maximum atomic E-state index is 13.0. The molecule has 0 unspecified atom stereocenters. The zero-order chi connectivity index (χ0) is 26.1. The Kier molecular flexibility index (Phi) is 9.33. The first-order chi connectivity index (χ1) is 17.4. The van der Waals surface area contributed by atoms with Crippen LogP contribution in [0.5, 0.6) is 17.2 Å². The third-order valence-electron chi connectivity index (χ3n) is 6.00. The van der Waals surface area contributed by atoms with Gasteiger partial charge in [-0.2, -0.15) is 0 Å². The van der Waals surface area contributed by atoms with Crippen LogP contribution in [-0.2, 0) is 11.2 Å². The van der Waals surface area contributed by atoms with Gasteiger partial charge in [0.2, 0.25) is 0 Å². The average Bonchev–Trinajstić information content (AvgIpc) is 2.89. The third kappa shape index (κ3) is 6.78. The van der Waals surface area contributed by atoms with E-state index in [9.17, 15) is 9.59 Å². The van der Waals surface area contributed by atoms with Gasteiger partial charge in [-0.05, 0) is 79.8 Å². The van der Waals surface area contributed by atoms with Crippen molar-refractivity contribution in [1.82, 2.24) is 5.32 Å². The van der Waals surface area contributed by atoms with E-state index < -0.39 is 6.10 Å². The molecule has 0 aliphatic heterocycles. The average molecular weight is 491 g/mol. The van der Waals surface area contributed by atoms with Gasteiger partial charge in [-0.25, -0.2) is 0 Å². The number of rotatable bonds is 11. The number of carbonyl (C=O) groups excluding carboxylic acids is 2. The highest BCUT2D eigenvalue weighted by Crippen LogP contribution is 2.27. The standard InChI is InChI=1S/C29H34N2O5/c1-6-25(36-22-13-11-19(2)20(3)17-22)29(33)31-24-10-8-7-9-23(24)28(32)30-16-15-21-12-14-26(34-4)27(18-21)35-5/h7-14,17-18,25H,6,15-16H2,1-5H3,(H,30,32)(H,31,33)/t25-/m0/s1. The van der Waals surface area contributed by atoms with Gasteiger partial charge >= 0.3 is 0 Å². The molecule has 0 aliphatic rings. The fourth-order valence-corrected chi connectivity index (χ4v) is 3.73. The number of hydrogen-bond donors (Lipinski definition) is 2. The van der Waals surface area contributed by atoms with Crippen molar-refractivity contribution >= 4 is 17.5 Å². The lowest BCUT2D eigenvalue weighted by atomic mass is 10.1. The molecule has 0 heterocycles. The number of aryl methyl sites for hydroxylation is 2. The molecule has 3 aromatic rings. The van der Waals surface area contributed by atoms with Gasteiger partial charge in [0, 0.05) is 6.54 Å². The van der Waals surface area contributed by atoms with Crippen LogP contribution in [0, 0.1) is 13.8 Å². The maximum Gasteiger partial charge on any atom is 0.265 e. The summed E-state index contributed by atoms with van der Waals surface area (Å²) in [5, 5.41) is 5.80. The summed E-state index contributed by atoms with van der Waals surface area (Å²) in [6.45, 7) is 6.34. The predicted octanol–water partition coefficient (Wildman–Crippen LogP) is 5.09. The quantitative estimate of drug-likeness (QED) is 0.391. The molecule has 36 heavy (non-hydrogen) atoms. The smallest absolute Gasteiger partial charge is 0.265 e. The van der Waals surface area contributed by atoms with Crippen LogP contribution < -0.4 is 24.8 Å². The largest absolute Gasteiger partial charge is 0.493 e. The molecule has 0 aromatic heterocycles. The van der Waals surface area contributed by atoms with E-state index in [0.717, 1.165) is 16.7 Å². The molecule has 2 amide bonds. The van der Waals surface area contributed by atoms with Crippen molar-refractivity contribution in [2.75, 3.05) is 26.1 Å². The van der Waals surface area contributed by atoms with Gasteiger partial charge in [-0.1, -0.05) is 31.2 Å². The normalized spacial score (nSPS) is 11.4. The first-order valence-electron chi connectivity index (χ1n) is 12.0. The lowest BCUT2D eigenvalue weighted by Gasteiger charge is -2.19. The van der Waals surface area contributed by atoms with E-state index >= 15 is 0 Å². The van der Waals surface area contributed by atoms with Gasteiger partial charge < -0.3 is 24.8 Å². The molecule has 190 valence electrons. The molecule has 0 saturated heterocycles. The third-order valence-corrected chi connectivity index (χ3v) is 6.00. The highest BCUT2D eigenvalue weighted by Gasteiger charge is 2.21. The molecule has 0 aliphatic carbocycles. The van der Waals surface area contributed by atoms with E-state index in [1.807, 2.05) is 57.2 Å². The fraction of sp³-hybridized carbons (Fsp3) is 0.310. The second-order valence-corrected chi connectivity index (χ2v) is 8.49. The number of anilines is 1. The molecule has 0 radical (unpaired) electrons. The number of amides is 2. The van der Waals surface area contributed by atoms with Crippen molar-refractivity contribution in [3.8, 4) is 17.2 Å². The van der Waals surface area contributed by atoms with Crippen LogP contribution in [0.15, 0.2) is 60.7 Å².